The SMILES string of the molecule is C=CC(=N)c1cc(=O)[nH]o1. The molecule has 0 aliphatic rings. The van der Waals surface area contributed by atoms with E-state index in [4.69, 9.17) is 5.41 Å². The molecule has 4 nitrogen and oxygen atoms in total. The lowest BCUT2D eigenvalue weighted by Gasteiger charge is -1.84. The molecule has 0 atom stereocenters. The van der Waals surface area contributed by atoms with E-state index in [1.165, 1.54) is 12.1 Å². The fourth-order valence-corrected chi connectivity index (χ4v) is 0.517. The quantitative estimate of drug-likeness (QED) is 0.585. The zero-order valence-corrected chi connectivity index (χ0v) is 5.18. The minimum absolute atomic E-state index is 0.0957. The van der Waals surface area contributed by atoms with Crippen LogP contribution in [-0.4, -0.2) is 10.9 Å². The van der Waals surface area contributed by atoms with Crippen molar-refractivity contribution in [2.24, 2.45) is 0 Å². The lowest BCUT2D eigenvalue weighted by Crippen LogP contribution is -1.94. The van der Waals surface area contributed by atoms with Gasteiger partial charge in [-0.25, -0.2) is 0 Å². The zero-order valence-electron chi connectivity index (χ0n) is 5.18. The Morgan fingerprint density at radius 1 is 1.90 bits per heavy atom. The summed E-state index contributed by atoms with van der Waals surface area (Å²) in [6, 6.07) is 1.20. The predicted molar refractivity (Wildman–Crippen MR) is 36.4 cm³/mol. The van der Waals surface area contributed by atoms with Crippen molar-refractivity contribution in [2.75, 3.05) is 0 Å². The second kappa shape index (κ2) is 2.34. The van der Waals surface area contributed by atoms with Crippen molar-refractivity contribution in [3.05, 3.63) is 34.8 Å². The van der Waals surface area contributed by atoms with E-state index in [2.05, 4.69) is 16.3 Å². The Hall–Kier alpha value is -1.58. The molecule has 0 aliphatic heterocycles. The number of H-pyrrole nitrogens is 1. The van der Waals surface area contributed by atoms with Crippen LogP contribution >= 0.6 is 0 Å². The second-order valence-electron chi connectivity index (χ2n) is 1.69. The minimum atomic E-state index is -0.346. The molecule has 10 heavy (non-hydrogen) atoms. The molecule has 0 saturated carbocycles. The van der Waals surface area contributed by atoms with Crippen LogP contribution in [0.25, 0.3) is 0 Å². The summed E-state index contributed by atoms with van der Waals surface area (Å²) < 4.78 is 4.58. The number of rotatable bonds is 2. The van der Waals surface area contributed by atoms with Crippen LogP contribution in [0.3, 0.4) is 0 Å². The number of aromatic nitrogens is 1. The molecule has 0 radical (unpaired) electrons. The highest BCUT2D eigenvalue weighted by atomic mass is 16.5. The number of allylic oxidation sites excluding steroid dienone is 1. The molecule has 1 aromatic rings. The van der Waals surface area contributed by atoms with Crippen LogP contribution in [0.2, 0.25) is 0 Å². The predicted octanol–water partition coefficient (Wildman–Crippen LogP) is 0.522. The van der Waals surface area contributed by atoms with Gasteiger partial charge in [0, 0.05) is 0 Å². The lowest BCUT2D eigenvalue weighted by atomic mass is 10.3. The van der Waals surface area contributed by atoms with Gasteiger partial charge in [-0.3, -0.25) is 10.2 Å². The average molecular weight is 138 g/mol. The molecule has 1 aromatic heterocycles. The maximum absolute atomic E-state index is 10.4. The van der Waals surface area contributed by atoms with E-state index in [0.29, 0.717) is 0 Å². The zero-order chi connectivity index (χ0) is 7.56. The molecule has 1 heterocycles. The largest absolute Gasteiger partial charge is 0.377 e. The Balaban J connectivity index is 3.06. The topological polar surface area (TPSA) is 69.8 Å². The van der Waals surface area contributed by atoms with Crippen molar-refractivity contribution in [1.29, 1.82) is 5.41 Å². The Morgan fingerprint density at radius 2 is 2.60 bits per heavy atom. The summed E-state index contributed by atoms with van der Waals surface area (Å²) in [7, 11) is 0. The van der Waals surface area contributed by atoms with Crippen molar-refractivity contribution in [2.45, 2.75) is 0 Å². The number of hydrogen-bond donors (Lipinski definition) is 2. The summed E-state index contributed by atoms with van der Waals surface area (Å²) in [5.41, 5.74) is -0.250. The van der Waals surface area contributed by atoms with Crippen LogP contribution in [-0.2, 0) is 0 Å². The highest BCUT2D eigenvalue weighted by Gasteiger charge is 2.00. The highest BCUT2D eigenvalue weighted by molar-refractivity contribution is 6.03. The van der Waals surface area contributed by atoms with Crippen LogP contribution in [0.1, 0.15) is 5.76 Å². The van der Waals surface area contributed by atoms with Gasteiger partial charge in [0.1, 0.15) is 0 Å². The summed E-state index contributed by atoms with van der Waals surface area (Å²) in [6.07, 6.45) is 1.30. The summed E-state index contributed by atoms with van der Waals surface area (Å²) in [4.78, 5) is 10.4. The smallest absolute Gasteiger partial charge is 0.280 e. The standard InChI is InChI=1S/C6H6N2O2/c1-2-4(7)5-3-6(9)8-10-5/h2-3,7H,1H2,(H,8,9). The number of aromatic amines is 1. The third-order valence-electron chi connectivity index (χ3n) is 0.993. The van der Waals surface area contributed by atoms with Crippen molar-refractivity contribution in [3.8, 4) is 0 Å². The maximum atomic E-state index is 10.4. The van der Waals surface area contributed by atoms with Crippen molar-refractivity contribution in [3.63, 3.8) is 0 Å². The Labute approximate surface area is 56.6 Å². The third kappa shape index (κ3) is 1.05. The van der Waals surface area contributed by atoms with Gasteiger partial charge in [-0.05, 0) is 6.08 Å². The van der Waals surface area contributed by atoms with E-state index in [-0.39, 0.29) is 17.0 Å². The molecule has 2 N–H and O–H groups in total. The molecule has 0 unspecified atom stereocenters. The van der Waals surface area contributed by atoms with Gasteiger partial charge >= 0.3 is 0 Å². The van der Waals surface area contributed by atoms with Crippen LogP contribution in [0.5, 0.6) is 0 Å². The highest BCUT2D eigenvalue weighted by Crippen LogP contribution is 1.93. The van der Waals surface area contributed by atoms with Gasteiger partial charge in [-0.15, -0.1) is 0 Å². The van der Waals surface area contributed by atoms with Crippen molar-refractivity contribution >= 4 is 5.71 Å². The molecular weight excluding hydrogens is 132 g/mol. The van der Waals surface area contributed by atoms with Crippen LogP contribution < -0.4 is 5.56 Å². The molecule has 0 bridgehead atoms. The summed E-state index contributed by atoms with van der Waals surface area (Å²) in [5, 5.41) is 9.19. The van der Waals surface area contributed by atoms with Crippen LogP contribution in [0.15, 0.2) is 28.0 Å². The molecule has 0 fully saturated rings. The van der Waals surface area contributed by atoms with E-state index >= 15 is 0 Å². The lowest BCUT2D eigenvalue weighted by molar-refractivity contribution is 0.407. The molecule has 0 amide bonds. The van der Waals surface area contributed by atoms with Gasteiger partial charge in [-0.2, -0.15) is 5.16 Å². The third-order valence-corrected chi connectivity index (χ3v) is 0.993. The van der Waals surface area contributed by atoms with E-state index in [1.54, 1.807) is 0 Å². The second-order valence-corrected chi connectivity index (χ2v) is 1.69. The normalized spacial score (nSPS) is 9.20. The molecule has 1 rings (SSSR count). The molecular formula is C6H6N2O2. The van der Waals surface area contributed by atoms with Gasteiger partial charge in [0.2, 0.25) is 0 Å². The Kier molecular flexibility index (Phi) is 1.53. The first kappa shape index (κ1) is 6.54. The first-order valence-corrected chi connectivity index (χ1v) is 2.64. The number of hydrogen-bond acceptors (Lipinski definition) is 3. The summed E-state index contributed by atoms with van der Waals surface area (Å²) in [6.45, 7) is 3.35. The fraction of sp³-hybridized carbons (Fsp3) is 0. The van der Waals surface area contributed by atoms with E-state index in [1.807, 2.05) is 0 Å². The molecule has 0 aromatic carbocycles. The van der Waals surface area contributed by atoms with E-state index < -0.39 is 0 Å². The average Bonchev–Trinajstić information content (AvgIpc) is 2.34. The van der Waals surface area contributed by atoms with Gasteiger partial charge in [0.15, 0.2) is 5.76 Å². The molecule has 52 valence electrons. The monoisotopic (exact) mass is 138 g/mol. The summed E-state index contributed by atoms with van der Waals surface area (Å²) in [5.74, 6) is 0.208. The van der Waals surface area contributed by atoms with Gasteiger partial charge < -0.3 is 4.52 Å². The Bertz CT molecular complexity index is 308. The first-order chi connectivity index (χ1) is 4.74. The number of nitrogens with one attached hydrogen (secondary N) is 2. The minimum Gasteiger partial charge on any atom is -0.377 e. The van der Waals surface area contributed by atoms with Crippen LogP contribution in [0, 0.1) is 5.41 Å². The maximum Gasteiger partial charge on any atom is 0.280 e. The molecule has 4 heteroatoms. The first-order valence-electron chi connectivity index (χ1n) is 2.64. The Morgan fingerprint density at radius 3 is 3.00 bits per heavy atom. The van der Waals surface area contributed by atoms with E-state index in [9.17, 15) is 4.79 Å². The molecule has 0 aliphatic carbocycles. The summed E-state index contributed by atoms with van der Waals surface area (Å²) >= 11 is 0. The van der Waals surface area contributed by atoms with Gasteiger partial charge in [-0.1, -0.05) is 6.58 Å². The van der Waals surface area contributed by atoms with Gasteiger partial charge in [0.25, 0.3) is 5.56 Å². The van der Waals surface area contributed by atoms with Crippen molar-refractivity contribution < 1.29 is 4.52 Å². The van der Waals surface area contributed by atoms with Crippen molar-refractivity contribution in [1.82, 2.24) is 5.16 Å². The fourth-order valence-electron chi connectivity index (χ4n) is 0.517. The molecule has 0 spiro atoms. The molecule has 0 saturated heterocycles. The van der Waals surface area contributed by atoms with Gasteiger partial charge in [0.05, 0.1) is 11.8 Å². The van der Waals surface area contributed by atoms with Crippen LogP contribution in [0.4, 0.5) is 0 Å². The van der Waals surface area contributed by atoms with E-state index in [0.717, 1.165) is 0 Å².